The van der Waals surface area contributed by atoms with Crippen LogP contribution in [-0.2, 0) is 11.0 Å². The van der Waals surface area contributed by atoms with E-state index in [1.54, 1.807) is 6.07 Å². The first-order chi connectivity index (χ1) is 11.8. The Balaban J connectivity index is 1.64. The molecule has 1 aliphatic rings. The summed E-state index contributed by atoms with van der Waals surface area (Å²) in [6.45, 7) is 0. The van der Waals surface area contributed by atoms with Crippen LogP contribution in [0, 0.1) is 16.0 Å². The normalized spacial score (nSPS) is 19.3. The molecule has 25 heavy (non-hydrogen) atoms. The number of non-ortho nitro benzene ring substituents is 1. The molecule has 1 saturated carbocycles. The molecular formula is C17H13F3N2O3. The van der Waals surface area contributed by atoms with Crippen molar-refractivity contribution in [3.8, 4) is 0 Å². The molecule has 0 heterocycles. The molecule has 2 unspecified atom stereocenters. The van der Waals surface area contributed by atoms with Gasteiger partial charge in [-0.25, -0.2) is 0 Å². The maximum atomic E-state index is 12.6. The number of halogens is 3. The van der Waals surface area contributed by atoms with Crippen molar-refractivity contribution in [3.63, 3.8) is 0 Å². The molecule has 1 N–H and O–H groups in total. The first-order valence-corrected chi connectivity index (χ1v) is 7.48. The summed E-state index contributed by atoms with van der Waals surface area (Å²) in [5, 5.41) is 13.3. The van der Waals surface area contributed by atoms with Crippen molar-refractivity contribution in [3.05, 3.63) is 69.8 Å². The Kier molecular flexibility index (Phi) is 4.20. The van der Waals surface area contributed by atoms with E-state index in [0.29, 0.717) is 17.7 Å². The van der Waals surface area contributed by atoms with Gasteiger partial charge in [0.05, 0.1) is 10.5 Å². The number of hydrogen-bond donors (Lipinski definition) is 1. The molecule has 2 aromatic carbocycles. The van der Waals surface area contributed by atoms with Crippen LogP contribution >= 0.6 is 0 Å². The molecule has 0 aromatic heterocycles. The molecule has 0 saturated heterocycles. The highest BCUT2D eigenvalue weighted by atomic mass is 19.4. The van der Waals surface area contributed by atoms with Crippen LogP contribution in [-0.4, -0.2) is 10.8 Å². The minimum absolute atomic E-state index is 0.132. The zero-order chi connectivity index (χ0) is 18.2. The van der Waals surface area contributed by atoms with Crippen LogP contribution in [0.25, 0.3) is 0 Å². The number of hydrogen-bond acceptors (Lipinski definition) is 3. The quantitative estimate of drug-likeness (QED) is 0.658. The average molecular weight is 350 g/mol. The summed E-state index contributed by atoms with van der Waals surface area (Å²) in [5.74, 6) is -0.789. The Bertz CT molecular complexity index is 819. The molecular weight excluding hydrogens is 337 g/mol. The van der Waals surface area contributed by atoms with Crippen molar-refractivity contribution in [2.45, 2.75) is 18.5 Å². The number of anilines is 1. The fraction of sp³-hybridized carbons (Fsp3) is 0.235. The van der Waals surface area contributed by atoms with Crippen molar-refractivity contribution in [2.75, 3.05) is 5.32 Å². The molecule has 3 rings (SSSR count). The van der Waals surface area contributed by atoms with E-state index >= 15 is 0 Å². The predicted molar refractivity (Wildman–Crippen MR) is 84.0 cm³/mol. The van der Waals surface area contributed by atoms with E-state index in [1.165, 1.54) is 30.3 Å². The summed E-state index contributed by atoms with van der Waals surface area (Å²) < 4.78 is 37.7. The minimum Gasteiger partial charge on any atom is -0.326 e. The van der Waals surface area contributed by atoms with Crippen molar-refractivity contribution >= 4 is 17.3 Å². The third-order valence-electron chi connectivity index (χ3n) is 4.12. The van der Waals surface area contributed by atoms with E-state index in [2.05, 4.69) is 5.32 Å². The van der Waals surface area contributed by atoms with Gasteiger partial charge < -0.3 is 5.32 Å². The third kappa shape index (κ3) is 3.78. The van der Waals surface area contributed by atoms with E-state index in [0.717, 1.165) is 12.1 Å². The smallest absolute Gasteiger partial charge is 0.326 e. The van der Waals surface area contributed by atoms with Crippen LogP contribution in [0.1, 0.15) is 23.5 Å². The Morgan fingerprint density at radius 2 is 1.84 bits per heavy atom. The Morgan fingerprint density at radius 3 is 2.44 bits per heavy atom. The summed E-state index contributed by atoms with van der Waals surface area (Å²) in [6, 6.07) is 10.4. The average Bonchev–Trinajstić information content (AvgIpc) is 3.35. The fourth-order valence-corrected chi connectivity index (χ4v) is 2.70. The Hall–Kier alpha value is -2.90. The van der Waals surface area contributed by atoms with E-state index in [-0.39, 0.29) is 23.4 Å². The van der Waals surface area contributed by atoms with Crippen LogP contribution in [0.3, 0.4) is 0 Å². The molecule has 130 valence electrons. The lowest BCUT2D eigenvalue weighted by atomic mass is 10.1. The molecule has 5 nitrogen and oxygen atoms in total. The van der Waals surface area contributed by atoms with Gasteiger partial charge >= 0.3 is 6.18 Å². The van der Waals surface area contributed by atoms with Crippen molar-refractivity contribution in [2.24, 2.45) is 5.92 Å². The van der Waals surface area contributed by atoms with Crippen LogP contribution in [0.2, 0.25) is 0 Å². The standard InChI is InChI=1S/C17H13F3N2O3/c18-17(19,20)11-6-4-10(5-7-11)14-9-15(14)16(23)21-12-2-1-3-13(8-12)22(24)25/h1-8,14-15H,9H2,(H,21,23). The summed E-state index contributed by atoms with van der Waals surface area (Å²) in [7, 11) is 0. The van der Waals surface area contributed by atoms with Crippen LogP contribution in [0.5, 0.6) is 0 Å². The van der Waals surface area contributed by atoms with Crippen molar-refractivity contribution < 1.29 is 22.9 Å². The van der Waals surface area contributed by atoms with Gasteiger partial charge in [-0.05, 0) is 36.1 Å². The lowest BCUT2D eigenvalue weighted by Crippen LogP contribution is -2.14. The Morgan fingerprint density at radius 1 is 1.16 bits per heavy atom. The number of amides is 1. The lowest BCUT2D eigenvalue weighted by molar-refractivity contribution is -0.384. The van der Waals surface area contributed by atoms with E-state index < -0.39 is 16.7 Å². The van der Waals surface area contributed by atoms with Gasteiger partial charge in [-0.2, -0.15) is 13.2 Å². The minimum atomic E-state index is -4.39. The van der Waals surface area contributed by atoms with E-state index in [9.17, 15) is 28.1 Å². The van der Waals surface area contributed by atoms with Gasteiger partial charge in [-0.1, -0.05) is 18.2 Å². The summed E-state index contributed by atoms with van der Waals surface area (Å²) >= 11 is 0. The summed E-state index contributed by atoms with van der Waals surface area (Å²) in [4.78, 5) is 22.4. The first-order valence-electron chi connectivity index (χ1n) is 7.48. The zero-order valence-corrected chi connectivity index (χ0v) is 12.8. The number of benzene rings is 2. The lowest BCUT2D eigenvalue weighted by Gasteiger charge is -2.08. The number of alkyl halides is 3. The number of nitro benzene ring substituents is 1. The second-order valence-electron chi connectivity index (χ2n) is 5.87. The number of nitrogens with zero attached hydrogens (tertiary/aromatic N) is 1. The Labute approximate surface area is 140 Å². The van der Waals surface area contributed by atoms with Gasteiger partial charge in [0.1, 0.15) is 0 Å². The zero-order valence-electron chi connectivity index (χ0n) is 12.8. The molecule has 1 amide bonds. The molecule has 0 aliphatic heterocycles. The molecule has 1 fully saturated rings. The summed E-state index contributed by atoms with van der Waals surface area (Å²) in [5.41, 5.74) is 0.131. The fourth-order valence-electron chi connectivity index (χ4n) is 2.70. The second kappa shape index (κ2) is 6.19. The van der Waals surface area contributed by atoms with Gasteiger partial charge in [0.2, 0.25) is 5.91 Å². The highest BCUT2D eigenvalue weighted by Gasteiger charge is 2.44. The van der Waals surface area contributed by atoms with Gasteiger partial charge in [-0.3, -0.25) is 14.9 Å². The maximum Gasteiger partial charge on any atom is 0.416 e. The molecule has 1 aliphatic carbocycles. The number of nitrogens with one attached hydrogen (secondary N) is 1. The number of rotatable bonds is 4. The highest BCUT2D eigenvalue weighted by Crippen LogP contribution is 2.48. The number of carbonyl (C=O) groups excluding carboxylic acids is 1. The van der Waals surface area contributed by atoms with Gasteiger partial charge in [0.25, 0.3) is 5.69 Å². The SMILES string of the molecule is O=C(Nc1cccc([N+](=O)[O-])c1)C1CC1c1ccc(C(F)(F)F)cc1. The first kappa shape index (κ1) is 16.9. The van der Waals surface area contributed by atoms with Crippen LogP contribution in [0.4, 0.5) is 24.5 Å². The molecule has 0 radical (unpaired) electrons. The van der Waals surface area contributed by atoms with Gasteiger partial charge in [-0.15, -0.1) is 0 Å². The van der Waals surface area contributed by atoms with Crippen LogP contribution in [0.15, 0.2) is 48.5 Å². The monoisotopic (exact) mass is 350 g/mol. The molecule has 2 atom stereocenters. The van der Waals surface area contributed by atoms with Gasteiger partial charge in [0.15, 0.2) is 0 Å². The largest absolute Gasteiger partial charge is 0.416 e. The van der Waals surface area contributed by atoms with E-state index in [4.69, 9.17) is 0 Å². The molecule has 0 spiro atoms. The molecule has 0 bridgehead atoms. The van der Waals surface area contributed by atoms with Crippen molar-refractivity contribution in [1.29, 1.82) is 0 Å². The number of nitro groups is 1. The second-order valence-corrected chi connectivity index (χ2v) is 5.87. The van der Waals surface area contributed by atoms with Crippen molar-refractivity contribution in [1.82, 2.24) is 0 Å². The van der Waals surface area contributed by atoms with Crippen LogP contribution < -0.4 is 5.32 Å². The molecule has 8 heteroatoms. The van der Waals surface area contributed by atoms with E-state index in [1.807, 2.05) is 0 Å². The third-order valence-corrected chi connectivity index (χ3v) is 4.12. The van der Waals surface area contributed by atoms with Gasteiger partial charge in [0, 0.05) is 23.7 Å². The summed E-state index contributed by atoms with van der Waals surface area (Å²) in [6.07, 6.45) is -3.85. The predicted octanol–water partition coefficient (Wildman–Crippen LogP) is 4.36. The molecule has 2 aromatic rings. The number of carbonyl (C=O) groups is 1. The topological polar surface area (TPSA) is 72.2 Å². The maximum absolute atomic E-state index is 12.6. The highest BCUT2D eigenvalue weighted by molar-refractivity contribution is 5.95.